The molecule has 4 nitrogen and oxygen atoms in total. The largest absolute Gasteiger partial charge is 0.496 e. The molecule has 0 spiro atoms. The van der Waals surface area contributed by atoms with Gasteiger partial charge in [0.05, 0.1) is 7.11 Å². The molecule has 0 aromatic heterocycles. The van der Waals surface area contributed by atoms with Crippen molar-refractivity contribution in [2.24, 2.45) is 0 Å². The molecule has 1 aromatic rings. The minimum absolute atomic E-state index is 0.329. The molecule has 0 aliphatic carbocycles. The van der Waals surface area contributed by atoms with E-state index < -0.39 is 6.10 Å². The van der Waals surface area contributed by atoms with Crippen molar-refractivity contribution in [2.45, 2.75) is 20.0 Å². The summed E-state index contributed by atoms with van der Waals surface area (Å²) < 4.78 is 5.13. The summed E-state index contributed by atoms with van der Waals surface area (Å²) >= 11 is 0. The van der Waals surface area contributed by atoms with E-state index in [1.54, 1.807) is 26.3 Å². The van der Waals surface area contributed by atoms with Crippen molar-refractivity contribution in [3.05, 3.63) is 23.8 Å². The van der Waals surface area contributed by atoms with Gasteiger partial charge in [0.25, 0.3) is 5.91 Å². The van der Waals surface area contributed by atoms with Crippen LogP contribution in [0, 0.1) is 6.92 Å². The molecule has 1 N–H and O–H groups in total. The Balaban J connectivity index is 2.97. The summed E-state index contributed by atoms with van der Waals surface area (Å²) in [7, 11) is 3.24. The van der Waals surface area contributed by atoms with E-state index in [0.717, 1.165) is 17.0 Å². The van der Waals surface area contributed by atoms with Gasteiger partial charge in [0.1, 0.15) is 11.9 Å². The molecule has 0 saturated heterocycles. The quantitative estimate of drug-likeness (QED) is 0.841. The van der Waals surface area contributed by atoms with Crippen LogP contribution >= 0.6 is 0 Å². The zero-order chi connectivity index (χ0) is 12.3. The Morgan fingerprint density at radius 2 is 2.12 bits per heavy atom. The number of anilines is 1. The molecule has 0 heterocycles. The van der Waals surface area contributed by atoms with Crippen LogP contribution < -0.4 is 9.64 Å². The molecular formula is C12H17NO3. The standard InChI is InChI=1S/C12H17NO3/c1-8-7-10(5-6-11(8)16-4)13(3)12(15)9(2)14/h5-7,9,14H,1-4H3. The Hall–Kier alpha value is -1.55. The third-order valence-corrected chi connectivity index (χ3v) is 2.45. The van der Waals surface area contributed by atoms with Crippen molar-refractivity contribution in [3.63, 3.8) is 0 Å². The number of aliphatic hydroxyl groups excluding tert-OH is 1. The van der Waals surface area contributed by atoms with Crippen LogP contribution in [0.4, 0.5) is 5.69 Å². The number of methoxy groups -OCH3 is 1. The Bertz CT molecular complexity index is 388. The topological polar surface area (TPSA) is 49.8 Å². The van der Waals surface area contributed by atoms with Crippen LogP contribution in [0.25, 0.3) is 0 Å². The van der Waals surface area contributed by atoms with Gasteiger partial charge in [-0.05, 0) is 37.6 Å². The second-order valence-corrected chi connectivity index (χ2v) is 3.73. The van der Waals surface area contributed by atoms with Crippen molar-refractivity contribution in [1.82, 2.24) is 0 Å². The number of hydrogen-bond donors (Lipinski definition) is 1. The van der Waals surface area contributed by atoms with Crippen LogP contribution in [0.5, 0.6) is 5.75 Å². The summed E-state index contributed by atoms with van der Waals surface area (Å²) in [5, 5.41) is 9.21. The first-order chi connectivity index (χ1) is 7.47. The average Bonchev–Trinajstić information content (AvgIpc) is 2.26. The predicted molar refractivity (Wildman–Crippen MR) is 62.8 cm³/mol. The lowest BCUT2D eigenvalue weighted by Gasteiger charge is -2.20. The number of rotatable bonds is 3. The highest BCUT2D eigenvalue weighted by Crippen LogP contribution is 2.23. The fourth-order valence-electron chi connectivity index (χ4n) is 1.48. The lowest BCUT2D eigenvalue weighted by atomic mass is 10.2. The van der Waals surface area contributed by atoms with Gasteiger partial charge in [-0.15, -0.1) is 0 Å². The number of aryl methyl sites for hydroxylation is 1. The summed E-state index contributed by atoms with van der Waals surface area (Å²) in [6.07, 6.45) is -0.993. The van der Waals surface area contributed by atoms with Crippen LogP contribution in [0.15, 0.2) is 18.2 Å². The minimum Gasteiger partial charge on any atom is -0.496 e. The number of likely N-dealkylation sites (N-methyl/N-ethyl adjacent to an activating group) is 1. The maximum atomic E-state index is 11.6. The zero-order valence-electron chi connectivity index (χ0n) is 10.0. The van der Waals surface area contributed by atoms with Gasteiger partial charge in [-0.1, -0.05) is 0 Å². The summed E-state index contributed by atoms with van der Waals surface area (Å²) in [5.74, 6) is 0.450. The monoisotopic (exact) mass is 223 g/mol. The Morgan fingerprint density at radius 3 is 2.56 bits per heavy atom. The second-order valence-electron chi connectivity index (χ2n) is 3.73. The summed E-state index contributed by atoms with van der Waals surface area (Å²) in [6.45, 7) is 3.36. The number of nitrogens with zero attached hydrogens (tertiary/aromatic N) is 1. The van der Waals surface area contributed by atoms with E-state index in [0.29, 0.717) is 0 Å². The SMILES string of the molecule is COc1ccc(N(C)C(=O)C(C)O)cc1C. The van der Waals surface area contributed by atoms with Crippen LogP contribution in [-0.2, 0) is 4.79 Å². The number of benzene rings is 1. The maximum Gasteiger partial charge on any atom is 0.255 e. The van der Waals surface area contributed by atoms with Crippen molar-refractivity contribution < 1.29 is 14.6 Å². The first-order valence-corrected chi connectivity index (χ1v) is 5.07. The highest BCUT2D eigenvalue weighted by molar-refractivity contribution is 5.95. The van der Waals surface area contributed by atoms with Crippen molar-refractivity contribution in [2.75, 3.05) is 19.1 Å². The number of aliphatic hydroxyl groups is 1. The number of carbonyl (C=O) groups is 1. The lowest BCUT2D eigenvalue weighted by molar-refractivity contribution is -0.125. The van der Waals surface area contributed by atoms with Gasteiger partial charge in [-0.25, -0.2) is 0 Å². The Morgan fingerprint density at radius 1 is 1.50 bits per heavy atom. The molecule has 0 saturated carbocycles. The lowest BCUT2D eigenvalue weighted by Crippen LogP contribution is -2.34. The number of amides is 1. The van der Waals surface area contributed by atoms with E-state index in [1.807, 2.05) is 13.0 Å². The first-order valence-electron chi connectivity index (χ1n) is 5.07. The van der Waals surface area contributed by atoms with Gasteiger partial charge in [0, 0.05) is 12.7 Å². The van der Waals surface area contributed by atoms with Gasteiger partial charge < -0.3 is 14.7 Å². The maximum absolute atomic E-state index is 11.6. The van der Waals surface area contributed by atoms with Crippen LogP contribution in [0.2, 0.25) is 0 Å². The number of hydrogen-bond acceptors (Lipinski definition) is 3. The molecule has 1 unspecified atom stereocenters. The fourth-order valence-corrected chi connectivity index (χ4v) is 1.48. The van der Waals surface area contributed by atoms with Gasteiger partial charge in [-0.3, -0.25) is 4.79 Å². The van der Waals surface area contributed by atoms with Crippen molar-refractivity contribution in [3.8, 4) is 5.75 Å². The van der Waals surface area contributed by atoms with E-state index in [2.05, 4.69) is 0 Å². The molecule has 0 aliphatic heterocycles. The Labute approximate surface area is 95.5 Å². The third kappa shape index (κ3) is 2.52. The van der Waals surface area contributed by atoms with Crippen LogP contribution in [0.1, 0.15) is 12.5 Å². The summed E-state index contributed by atoms with van der Waals surface area (Å²) in [6, 6.07) is 5.43. The molecule has 88 valence electrons. The second kappa shape index (κ2) is 4.99. The summed E-state index contributed by atoms with van der Waals surface area (Å²) in [4.78, 5) is 13.0. The third-order valence-electron chi connectivity index (χ3n) is 2.45. The number of ether oxygens (including phenoxy) is 1. The van der Waals surface area contributed by atoms with Crippen LogP contribution in [-0.4, -0.2) is 31.3 Å². The molecule has 0 fully saturated rings. The predicted octanol–water partition coefficient (Wildman–Crippen LogP) is 1.35. The van der Waals surface area contributed by atoms with Gasteiger partial charge in [0.2, 0.25) is 0 Å². The molecule has 1 rings (SSSR count). The molecule has 4 heteroatoms. The van der Waals surface area contributed by atoms with Crippen LogP contribution in [0.3, 0.4) is 0 Å². The molecule has 0 radical (unpaired) electrons. The van der Waals surface area contributed by atoms with E-state index >= 15 is 0 Å². The highest BCUT2D eigenvalue weighted by Gasteiger charge is 2.16. The normalized spacial score (nSPS) is 12.1. The molecular weight excluding hydrogens is 206 g/mol. The fraction of sp³-hybridized carbons (Fsp3) is 0.417. The first kappa shape index (κ1) is 12.5. The van der Waals surface area contributed by atoms with E-state index in [4.69, 9.17) is 4.74 Å². The van der Waals surface area contributed by atoms with Crippen molar-refractivity contribution in [1.29, 1.82) is 0 Å². The van der Waals surface area contributed by atoms with E-state index in [-0.39, 0.29) is 5.91 Å². The van der Waals surface area contributed by atoms with E-state index in [1.165, 1.54) is 11.8 Å². The van der Waals surface area contributed by atoms with Crippen molar-refractivity contribution >= 4 is 11.6 Å². The Kier molecular flexibility index (Phi) is 3.90. The average molecular weight is 223 g/mol. The van der Waals surface area contributed by atoms with E-state index in [9.17, 15) is 9.90 Å². The smallest absolute Gasteiger partial charge is 0.255 e. The summed E-state index contributed by atoms with van der Waals surface area (Å²) in [5.41, 5.74) is 1.69. The molecule has 1 atom stereocenters. The molecule has 0 bridgehead atoms. The zero-order valence-corrected chi connectivity index (χ0v) is 10.0. The molecule has 16 heavy (non-hydrogen) atoms. The molecule has 1 aromatic carbocycles. The van der Waals surface area contributed by atoms with Gasteiger partial charge in [-0.2, -0.15) is 0 Å². The highest BCUT2D eigenvalue weighted by atomic mass is 16.5. The van der Waals surface area contributed by atoms with Gasteiger partial charge >= 0.3 is 0 Å². The van der Waals surface area contributed by atoms with Gasteiger partial charge in [0.15, 0.2) is 0 Å². The minimum atomic E-state index is -0.993. The molecule has 0 aliphatic rings. The molecule has 1 amide bonds. The number of carbonyl (C=O) groups excluding carboxylic acids is 1.